The number of esters is 2. The minimum absolute atomic E-state index is 0.00885. The van der Waals surface area contributed by atoms with Crippen molar-refractivity contribution in [2.75, 3.05) is 69.8 Å². The zero-order valence-corrected chi connectivity index (χ0v) is 50.9. The van der Waals surface area contributed by atoms with Crippen LogP contribution in [0.5, 0.6) is 23.0 Å². The van der Waals surface area contributed by atoms with Gasteiger partial charge in [-0.25, -0.2) is 14.4 Å². The van der Waals surface area contributed by atoms with E-state index in [0.29, 0.717) is 24.1 Å². The average molecular weight is 1220 g/mol. The molecule has 2 aliphatic heterocycles. The lowest BCUT2D eigenvalue weighted by molar-refractivity contribution is -0.143. The molecule has 3 aromatic rings. The molecule has 3 aromatic carbocycles. The Morgan fingerprint density at radius 2 is 1.06 bits per heavy atom. The second-order valence-corrected chi connectivity index (χ2v) is 20.2. The normalized spacial score (nSPS) is 15.0. The molecule has 88 heavy (non-hydrogen) atoms. The fourth-order valence-electron chi connectivity index (χ4n) is 8.86. The number of hydrogen-bond acceptors (Lipinski definition) is 18. The van der Waals surface area contributed by atoms with Crippen LogP contribution in [-0.4, -0.2) is 142 Å². The number of anilines is 3. The van der Waals surface area contributed by atoms with Crippen molar-refractivity contribution < 1.29 is 85.8 Å². The Kier molecular flexibility index (Phi) is 26.7. The highest BCUT2D eigenvalue weighted by molar-refractivity contribution is 6.05. The summed E-state index contributed by atoms with van der Waals surface area (Å²) < 4.78 is 50.1. The molecular weight excluding hydrogens is 1140 g/mol. The van der Waals surface area contributed by atoms with E-state index in [9.17, 15) is 43.2 Å². The van der Waals surface area contributed by atoms with Crippen molar-refractivity contribution in [2.24, 2.45) is 5.92 Å². The molecule has 0 saturated carbocycles. The number of ether oxygens (including phenoxy) is 9. The van der Waals surface area contributed by atoms with Crippen molar-refractivity contribution in [3.05, 3.63) is 138 Å². The summed E-state index contributed by atoms with van der Waals surface area (Å²) in [5, 5.41) is 13.1. The molecule has 4 atom stereocenters. The Balaban J connectivity index is 1.34. The number of nitrogens with one attached hydrogen (secondary N) is 5. The van der Waals surface area contributed by atoms with Gasteiger partial charge in [-0.2, -0.15) is 0 Å². The lowest BCUT2D eigenvalue weighted by Crippen LogP contribution is -2.53. The molecule has 0 radical (unpaired) electrons. The van der Waals surface area contributed by atoms with Crippen molar-refractivity contribution in [3.63, 3.8) is 0 Å². The monoisotopic (exact) mass is 1220 g/mol. The van der Waals surface area contributed by atoms with Gasteiger partial charge in [0.15, 0.2) is 23.0 Å². The summed E-state index contributed by atoms with van der Waals surface area (Å²) in [6, 6.07) is 8.82. The van der Waals surface area contributed by atoms with E-state index in [-0.39, 0.29) is 104 Å². The molecule has 2 heterocycles. The maximum atomic E-state index is 14.6. The number of methoxy groups -OCH3 is 2. The first-order valence-corrected chi connectivity index (χ1v) is 28.1. The van der Waals surface area contributed by atoms with Crippen LogP contribution in [0.15, 0.2) is 122 Å². The third-order valence-corrected chi connectivity index (χ3v) is 13.1. The first kappa shape index (κ1) is 68.7. The lowest BCUT2D eigenvalue weighted by atomic mass is 10.0. The van der Waals surface area contributed by atoms with Crippen LogP contribution in [0, 0.1) is 5.92 Å². The van der Waals surface area contributed by atoms with Crippen LogP contribution in [0.4, 0.5) is 31.4 Å². The molecule has 5 N–H and O–H groups in total. The summed E-state index contributed by atoms with van der Waals surface area (Å²) in [6.45, 7) is 17.5. The van der Waals surface area contributed by atoms with Crippen LogP contribution in [-0.2, 0) is 49.5 Å². The Hall–Kier alpha value is -10.1. The predicted molar refractivity (Wildman–Crippen MR) is 325 cm³/mol. The van der Waals surface area contributed by atoms with E-state index in [1.807, 2.05) is 38.2 Å². The zero-order chi connectivity index (χ0) is 64.5. The van der Waals surface area contributed by atoms with Crippen LogP contribution in [0.2, 0.25) is 0 Å². The molecule has 2 aliphatic rings. The van der Waals surface area contributed by atoms with Crippen LogP contribution in [0.1, 0.15) is 94.0 Å². The predicted octanol–water partition coefficient (Wildman–Crippen LogP) is 8.89. The first-order chi connectivity index (χ1) is 42.1. The summed E-state index contributed by atoms with van der Waals surface area (Å²) in [4.78, 5) is 120. The highest BCUT2D eigenvalue weighted by atomic mass is 16.6. The van der Waals surface area contributed by atoms with E-state index in [4.69, 9.17) is 42.6 Å². The van der Waals surface area contributed by atoms with Crippen molar-refractivity contribution in [2.45, 2.75) is 98.5 Å². The minimum atomic E-state index is -1.01. The second-order valence-electron chi connectivity index (χ2n) is 20.2. The quantitative estimate of drug-likeness (QED) is 0.0180. The van der Waals surface area contributed by atoms with Crippen LogP contribution in [0.3, 0.4) is 0 Å². The van der Waals surface area contributed by atoms with Gasteiger partial charge in [0.05, 0.1) is 62.0 Å². The molecule has 0 saturated heterocycles. The summed E-state index contributed by atoms with van der Waals surface area (Å²) in [7, 11) is 2.75. The van der Waals surface area contributed by atoms with Gasteiger partial charge < -0.3 is 68.4 Å². The minimum Gasteiger partial charge on any atom is -0.493 e. The van der Waals surface area contributed by atoms with Gasteiger partial charge in [0.25, 0.3) is 11.8 Å². The molecule has 0 spiro atoms. The Morgan fingerprint density at radius 1 is 0.591 bits per heavy atom. The molecule has 0 aromatic heterocycles. The van der Waals surface area contributed by atoms with Crippen LogP contribution in [0.25, 0.3) is 0 Å². The number of benzene rings is 3. The smallest absolute Gasteiger partial charge is 0.411 e. The fourth-order valence-corrected chi connectivity index (χ4v) is 8.86. The highest BCUT2D eigenvalue weighted by Crippen LogP contribution is 2.39. The van der Waals surface area contributed by atoms with Crippen molar-refractivity contribution in [3.8, 4) is 23.0 Å². The van der Waals surface area contributed by atoms with E-state index >= 15 is 0 Å². The number of allylic oxidation sites excluding steroid dienone is 4. The maximum Gasteiger partial charge on any atom is 0.411 e. The molecule has 7 amide bonds. The van der Waals surface area contributed by atoms with E-state index in [2.05, 4.69) is 39.7 Å². The molecule has 0 aliphatic carbocycles. The van der Waals surface area contributed by atoms with Gasteiger partial charge in [0, 0.05) is 50.5 Å². The number of rotatable bonds is 30. The van der Waals surface area contributed by atoms with Gasteiger partial charge in [0.1, 0.15) is 45.1 Å². The number of hydrogen-bond donors (Lipinski definition) is 5. The first-order valence-electron chi connectivity index (χ1n) is 28.1. The second kappa shape index (κ2) is 34.2. The molecule has 5 rings (SSSR count). The van der Waals surface area contributed by atoms with Crippen molar-refractivity contribution in [1.29, 1.82) is 0 Å². The third-order valence-electron chi connectivity index (χ3n) is 13.1. The SMILES string of the molecule is C=CCOC(=O)Nc1cc(OCCCOc2cc(NC(=O)OCc3ccc(NC(=O)[C@H](C)NC(=O)[C@@H](NC(=O)OCC=C)C(C)C)cc3)c(C(=O)N3C=C(/C=C/C)C[C@H]3COC(C)=O)cc2OC)c(OC)cc1C(=O)N1C=C(/C=C/C)C[C@H]1COC(C)=O. The molecule has 25 heteroatoms. The number of nitrogens with zero attached hydrogens (tertiary/aromatic N) is 2. The van der Waals surface area contributed by atoms with Crippen molar-refractivity contribution in [1.82, 2.24) is 20.4 Å². The summed E-state index contributed by atoms with van der Waals surface area (Å²) >= 11 is 0. The molecule has 0 unspecified atom stereocenters. The molecule has 0 bridgehead atoms. The number of carbonyl (C=O) groups is 9. The Morgan fingerprint density at radius 3 is 1.49 bits per heavy atom. The van der Waals surface area contributed by atoms with Gasteiger partial charge in [-0.05, 0) is 80.5 Å². The van der Waals surface area contributed by atoms with Gasteiger partial charge in [-0.3, -0.25) is 39.4 Å². The maximum absolute atomic E-state index is 14.6. The van der Waals surface area contributed by atoms with Crippen LogP contribution >= 0.6 is 0 Å². The lowest BCUT2D eigenvalue weighted by Gasteiger charge is -2.25. The Bertz CT molecular complexity index is 3170. The zero-order valence-electron chi connectivity index (χ0n) is 50.9. The van der Waals surface area contributed by atoms with Gasteiger partial charge >= 0.3 is 30.2 Å². The summed E-state index contributed by atoms with van der Waals surface area (Å²) in [5.74, 6) is -3.16. The van der Waals surface area contributed by atoms with E-state index in [1.54, 1.807) is 50.5 Å². The number of alkyl carbamates (subject to hydrolysis) is 1. The van der Waals surface area contributed by atoms with Crippen molar-refractivity contribution >= 4 is 70.9 Å². The van der Waals surface area contributed by atoms with Gasteiger partial charge in [-0.15, -0.1) is 0 Å². The highest BCUT2D eigenvalue weighted by Gasteiger charge is 2.35. The molecule has 472 valence electrons. The van der Waals surface area contributed by atoms with Crippen LogP contribution < -0.4 is 45.5 Å². The van der Waals surface area contributed by atoms with E-state index < -0.39 is 78.0 Å². The standard InChI is InChI=1S/C63H77N7O18/c1-12-17-43-27-46(36-86-40(8)71)69(33-43)59(75)48-29-52(80-10)54(31-50(48)66-61(77)84-23-14-3)82-25-16-26-83-55-32-51(49(30-53(55)81-11)60(76)70-34-44(18-13-2)28-47(70)37-87-41(9)72)67-62(78)88-35-42-19-21-45(22-20-42)65-57(73)39(7)64-58(74)56(38(5)6)68-63(79)85-24-15-4/h12-15,17-22,29-34,38-39,46-47,56H,3-4,16,23-28,35-37H2,1-2,5-11H3,(H,64,74)(H,65,73)(H,66,77)(H,67,78)(H,68,79)/b17-12+,18-13+/t39-,46-,47-,56-/m0/s1. The molecular formula is C63H77N7O18. The van der Waals surface area contributed by atoms with Gasteiger partial charge in [-0.1, -0.05) is 75.6 Å². The topological polar surface area (TPSA) is 303 Å². The Labute approximate surface area is 511 Å². The number of carbonyl (C=O) groups excluding carboxylic acids is 9. The number of amides is 7. The third kappa shape index (κ3) is 20.3. The summed E-state index contributed by atoms with van der Waals surface area (Å²) in [6.07, 6.45) is 11.7. The molecule has 0 fully saturated rings. The van der Waals surface area contributed by atoms with E-state index in [0.717, 1.165) is 11.1 Å². The fraction of sp³-hybridized carbons (Fsp3) is 0.381. The summed E-state index contributed by atoms with van der Waals surface area (Å²) in [5.41, 5.74) is 2.43. The van der Waals surface area contributed by atoms with Gasteiger partial charge in [0.2, 0.25) is 11.8 Å². The average Bonchev–Trinajstić information content (AvgIpc) is 3.01. The largest absolute Gasteiger partial charge is 0.493 e. The van der Waals surface area contributed by atoms with E-state index in [1.165, 1.54) is 81.2 Å². The molecule has 25 nitrogen and oxygen atoms in total.